The Hall–Kier alpha value is -1.92. The number of ether oxygens (including phenoxy) is 1. The number of methoxy groups -OCH3 is 1. The van der Waals surface area contributed by atoms with Gasteiger partial charge < -0.3 is 20.9 Å². The van der Waals surface area contributed by atoms with Gasteiger partial charge in [-0.1, -0.05) is 30.3 Å². The summed E-state index contributed by atoms with van der Waals surface area (Å²) in [4.78, 5) is 23.1. The molecule has 0 spiro atoms. The maximum atomic E-state index is 12.0. The molecule has 1 aromatic rings. The Kier molecular flexibility index (Phi) is 6.69. The van der Waals surface area contributed by atoms with Gasteiger partial charge in [0.2, 0.25) is 5.91 Å². The first kappa shape index (κ1) is 16.1. The van der Waals surface area contributed by atoms with E-state index in [1.54, 1.807) is 31.4 Å². The fourth-order valence-corrected chi connectivity index (χ4v) is 1.76. The minimum Gasteiger partial charge on any atom is -0.480 e. The number of nitrogens with one attached hydrogen (secondary N) is 1. The van der Waals surface area contributed by atoms with Crippen molar-refractivity contribution in [2.24, 2.45) is 5.73 Å². The molecule has 0 saturated carbocycles. The summed E-state index contributed by atoms with van der Waals surface area (Å²) in [6.45, 7) is 0.449. The van der Waals surface area contributed by atoms with Crippen molar-refractivity contribution in [1.82, 2.24) is 5.32 Å². The fourth-order valence-electron chi connectivity index (χ4n) is 1.76. The Morgan fingerprint density at radius 3 is 2.55 bits per heavy atom. The van der Waals surface area contributed by atoms with Crippen LogP contribution in [0, 0.1) is 0 Å². The van der Waals surface area contributed by atoms with Gasteiger partial charge in [-0.3, -0.25) is 4.79 Å². The lowest BCUT2D eigenvalue weighted by molar-refractivity contribution is -0.142. The number of carboxylic acids is 1. The van der Waals surface area contributed by atoms with Crippen molar-refractivity contribution in [2.75, 3.05) is 13.7 Å². The SMILES string of the molecule is COCCCC(NC(=O)C(N)c1ccccc1)C(=O)O. The smallest absolute Gasteiger partial charge is 0.326 e. The van der Waals surface area contributed by atoms with Gasteiger partial charge in [-0.05, 0) is 18.4 Å². The van der Waals surface area contributed by atoms with Crippen LogP contribution in [-0.2, 0) is 14.3 Å². The Bertz CT molecular complexity index is 436. The summed E-state index contributed by atoms with van der Waals surface area (Å²) in [6.07, 6.45) is 0.852. The summed E-state index contributed by atoms with van der Waals surface area (Å²) in [5.74, 6) is -1.57. The standard InChI is InChI=1S/C14H20N2O4/c1-20-9-5-8-11(14(18)19)16-13(17)12(15)10-6-3-2-4-7-10/h2-4,6-7,11-12H,5,8-9,15H2,1H3,(H,16,17)(H,18,19). The second kappa shape index (κ2) is 8.29. The lowest BCUT2D eigenvalue weighted by Gasteiger charge is -2.18. The summed E-state index contributed by atoms with van der Waals surface area (Å²) >= 11 is 0. The highest BCUT2D eigenvalue weighted by Gasteiger charge is 2.23. The monoisotopic (exact) mass is 280 g/mol. The van der Waals surface area contributed by atoms with Gasteiger partial charge in [0, 0.05) is 13.7 Å². The van der Waals surface area contributed by atoms with Crippen LogP contribution in [0.3, 0.4) is 0 Å². The maximum absolute atomic E-state index is 12.0. The number of aliphatic carboxylic acids is 1. The number of amides is 1. The average molecular weight is 280 g/mol. The van der Waals surface area contributed by atoms with Crippen LogP contribution in [0.2, 0.25) is 0 Å². The lowest BCUT2D eigenvalue weighted by Crippen LogP contribution is -2.45. The molecule has 6 nitrogen and oxygen atoms in total. The Morgan fingerprint density at radius 2 is 2.00 bits per heavy atom. The Morgan fingerprint density at radius 1 is 1.35 bits per heavy atom. The van der Waals surface area contributed by atoms with E-state index >= 15 is 0 Å². The Balaban J connectivity index is 2.59. The molecule has 0 aliphatic heterocycles. The number of hydrogen-bond acceptors (Lipinski definition) is 4. The van der Waals surface area contributed by atoms with Gasteiger partial charge >= 0.3 is 5.97 Å². The molecule has 2 atom stereocenters. The number of hydrogen-bond donors (Lipinski definition) is 3. The summed E-state index contributed by atoms with van der Waals surface area (Å²) in [5.41, 5.74) is 6.46. The second-order valence-corrected chi connectivity index (χ2v) is 4.42. The van der Waals surface area contributed by atoms with E-state index in [0.717, 1.165) is 0 Å². The highest BCUT2D eigenvalue weighted by molar-refractivity contribution is 5.87. The molecule has 0 aromatic heterocycles. The molecule has 6 heteroatoms. The van der Waals surface area contributed by atoms with Crippen LogP contribution in [0.1, 0.15) is 24.4 Å². The first-order valence-electron chi connectivity index (χ1n) is 6.39. The van der Waals surface area contributed by atoms with E-state index in [9.17, 15) is 9.59 Å². The molecule has 2 unspecified atom stereocenters. The van der Waals surface area contributed by atoms with E-state index < -0.39 is 24.0 Å². The number of nitrogens with two attached hydrogens (primary N) is 1. The van der Waals surface area contributed by atoms with Crippen LogP contribution < -0.4 is 11.1 Å². The van der Waals surface area contributed by atoms with Gasteiger partial charge in [-0.15, -0.1) is 0 Å². The lowest BCUT2D eigenvalue weighted by atomic mass is 10.1. The zero-order valence-electron chi connectivity index (χ0n) is 11.4. The van der Waals surface area contributed by atoms with E-state index in [-0.39, 0.29) is 0 Å². The molecular formula is C14H20N2O4. The molecule has 1 amide bonds. The molecule has 0 heterocycles. The third kappa shape index (κ3) is 4.99. The molecular weight excluding hydrogens is 260 g/mol. The molecule has 0 saturated heterocycles. The van der Waals surface area contributed by atoms with Crippen molar-refractivity contribution in [1.29, 1.82) is 0 Å². The van der Waals surface area contributed by atoms with Gasteiger partial charge in [0.1, 0.15) is 12.1 Å². The van der Waals surface area contributed by atoms with Gasteiger partial charge in [0.25, 0.3) is 0 Å². The summed E-state index contributed by atoms with van der Waals surface area (Å²) in [7, 11) is 1.54. The van der Waals surface area contributed by atoms with Gasteiger partial charge in [-0.2, -0.15) is 0 Å². The number of carbonyl (C=O) groups excluding carboxylic acids is 1. The third-order valence-corrected chi connectivity index (χ3v) is 2.90. The molecule has 0 aliphatic carbocycles. The molecule has 1 rings (SSSR count). The highest BCUT2D eigenvalue weighted by Crippen LogP contribution is 2.10. The van der Waals surface area contributed by atoms with Crippen molar-refractivity contribution in [3.8, 4) is 0 Å². The van der Waals surface area contributed by atoms with Crippen LogP contribution in [0.25, 0.3) is 0 Å². The number of carboxylic acid groups (broad SMARTS) is 1. The van der Waals surface area contributed by atoms with E-state index in [0.29, 0.717) is 25.0 Å². The van der Waals surface area contributed by atoms with Crippen molar-refractivity contribution >= 4 is 11.9 Å². The van der Waals surface area contributed by atoms with Crippen LogP contribution in [0.5, 0.6) is 0 Å². The molecule has 1 aromatic carbocycles. The first-order chi connectivity index (χ1) is 9.56. The highest BCUT2D eigenvalue weighted by atomic mass is 16.5. The molecule has 0 bridgehead atoms. The predicted octanol–water partition coefficient (Wildman–Crippen LogP) is 0.682. The second-order valence-electron chi connectivity index (χ2n) is 4.42. The van der Waals surface area contributed by atoms with Crippen LogP contribution in [0.15, 0.2) is 30.3 Å². The average Bonchev–Trinajstić information content (AvgIpc) is 2.46. The van der Waals surface area contributed by atoms with Crippen LogP contribution >= 0.6 is 0 Å². The summed E-state index contributed by atoms with van der Waals surface area (Å²) in [5, 5.41) is 11.5. The molecule has 4 N–H and O–H groups in total. The van der Waals surface area contributed by atoms with Crippen molar-refractivity contribution in [3.05, 3.63) is 35.9 Å². The minimum atomic E-state index is -1.07. The van der Waals surface area contributed by atoms with Gasteiger partial charge in [0.15, 0.2) is 0 Å². The third-order valence-electron chi connectivity index (χ3n) is 2.90. The van der Waals surface area contributed by atoms with E-state index in [1.165, 1.54) is 0 Å². The quantitative estimate of drug-likeness (QED) is 0.608. The number of carbonyl (C=O) groups is 2. The molecule has 110 valence electrons. The largest absolute Gasteiger partial charge is 0.480 e. The molecule has 0 aliphatic rings. The van der Waals surface area contributed by atoms with Crippen molar-refractivity contribution < 1.29 is 19.4 Å². The van der Waals surface area contributed by atoms with E-state index in [2.05, 4.69) is 5.32 Å². The number of rotatable bonds is 8. The maximum Gasteiger partial charge on any atom is 0.326 e. The van der Waals surface area contributed by atoms with Crippen LogP contribution in [-0.4, -0.2) is 36.7 Å². The predicted molar refractivity (Wildman–Crippen MR) is 74.0 cm³/mol. The zero-order chi connectivity index (χ0) is 15.0. The van der Waals surface area contributed by atoms with Crippen molar-refractivity contribution in [2.45, 2.75) is 24.9 Å². The fraction of sp³-hybridized carbons (Fsp3) is 0.429. The van der Waals surface area contributed by atoms with E-state index in [1.807, 2.05) is 6.07 Å². The number of benzene rings is 1. The molecule has 0 fully saturated rings. The normalized spacial score (nSPS) is 13.5. The van der Waals surface area contributed by atoms with Gasteiger partial charge in [-0.25, -0.2) is 4.79 Å². The first-order valence-corrected chi connectivity index (χ1v) is 6.39. The Labute approximate surface area is 117 Å². The molecule has 0 radical (unpaired) electrons. The summed E-state index contributed by atoms with van der Waals surface area (Å²) in [6, 6.07) is 6.99. The van der Waals surface area contributed by atoms with E-state index in [4.69, 9.17) is 15.6 Å². The summed E-state index contributed by atoms with van der Waals surface area (Å²) < 4.78 is 4.86. The minimum absolute atomic E-state index is 0.302. The van der Waals surface area contributed by atoms with Crippen LogP contribution in [0.4, 0.5) is 0 Å². The molecule has 20 heavy (non-hydrogen) atoms. The zero-order valence-corrected chi connectivity index (χ0v) is 11.4. The van der Waals surface area contributed by atoms with Gasteiger partial charge in [0.05, 0.1) is 0 Å². The topological polar surface area (TPSA) is 102 Å². The van der Waals surface area contributed by atoms with Crippen molar-refractivity contribution in [3.63, 3.8) is 0 Å².